The van der Waals surface area contributed by atoms with Crippen molar-refractivity contribution < 1.29 is 19.5 Å². The summed E-state index contributed by atoms with van der Waals surface area (Å²) in [6.07, 6.45) is -0.581. The highest BCUT2D eigenvalue weighted by Crippen LogP contribution is 2.26. The molecule has 1 aliphatic rings. The van der Waals surface area contributed by atoms with Crippen molar-refractivity contribution in [3.63, 3.8) is 0 Å². The minimum Gasteiger partial charge on any atom is -0.391 e. The van der Waals surface area contributed by atoms with Gasteiger partial charge in [-0.1, -0.05) is 51.1 Å². The van der Waals surface area contributed by atoms with Crippen molar-refractivity contribution in [2.24, 2.45) is 5.41 Å². The van der Waals surface area contributed by atoms with Crippen LogP contribution in [0.3, 0.4) is 0 Å². The number of amides is 3. The van der Waals surface area contributed by atoms with E-state index in [1.54, 1.807) is 0 Å². The molecular weight excluding hydrogens is 346 g/mol. The van der Waals surface area contributed by atoms with E-state index in [0.29, 0.717) is 6.54 Å². The molecule has 0 aromatic heterocycles. The second-order valence-corrected chi connectivity index (χ2v) is 8.10. The molecule has 1 fully saturated rings. The predicted octanol–water partition coefficient (Wildman–Crippen LogP) is 0.815. The Morgan fingerprint density at radius 1 is 1.22 bits per heavy atom. The number of benzene rings is 1. The summed E-state index contributed by atoms with van der Waals surface area (Å²) in [6.45, 7) is 7.33. The first kappa shape index (κ1) is 20.9. The van der Waals surface area contributed by atoms with E-state index >= 15 is 0 Å². The first-order valence-electron chi connectivity index (χ1n) is 9.17. The van der Waals surface area contributed by atoms with Crippen LogP contribution in [0.15, 0.2) is 30.3 Å². The van der Waals surface area contributed by atoms with Gasteiger partial charge in [0.1, 0.15) is 12.1 Å². The first-order chi connectivity index (χ1) is 12.6. The molecule has 27 heavy (non-hydrogen) atoms. The van der Waals surface area contributed by atoms with E-state index < -0.39 is 23.6 Å². The molecule has 3 N–H and O–H groups in total. The zero-order valence-corrected chi connectivity index (χ0v) is 16.4. The summed E-state index contributed by atoms with van der Waals surface area (Å²) in [7, 11) is 0. The number of aliphatic hydroxyl groups is 1. The maximum atomic E-state index is 13.1. The van der Waals surface area contributed by atoms with Gasteiger partial charge in [0.25, 0.3) is 0 Å². The molecular formula is C20H29N3O4. The Hall–Kier alpha value is -2.41. The highest BCUT2D eigenvalue weighted by molar-refractivity contribution is 5.92. The maximum Gasteiger partial charge on any atom is 0.246 e. The smallest absolute Gasteiger partial charge is 0.246 e. The summed E-state index contributed by atoms with van der Waals surface area (Å²) in [6, 6.07) is 7.95. The lowest BCUT2D eigenvalue weighted by Gasteiger charge is -2.35. The Labute approximate surface area is 160 Å². The van der Waals surface area contributed by atoms with Gasteiger partial charge in [-0.15, -0.1) is 0 Å². The zero-order valence-electron chi connectivity index (χ0n) is 16.4. The number of hydrogen-bond acceptors (Lipinski definition) is 4. The molecule has 0 bridgehead atoms. The number of β-amino-alcohol motifs (C(OH)–C–C–N with tert-alkyl or cyclic N) is 1. The topological polar surface area (TPSA) is 98.7 Å². The summed E-state index contributed by atoms with van der Waals surface area (Å²) in [4.78, 5) is 38.7. The highest BCUT2D eigenvalue weighted by atomic mass is 16.3. The number of carbonyl (C=O) groups excluding carboxylic acids is 3. The molecule has 0 spiro atoms. The van der Waals surface area contributed by atoms with Gasteiger partial charge in [-0.2, -0.15) is 0 Å². The molecule has 1 unspecified atom stereocenters. The van der Waals surface area contributed by atoms with Gasteiger partial charge in [0.15, 0.2) is 0 Å². The molecule has 0 saturated carbocycles. The number of likely N-dealkylation sites (tertiary alicyclic amines) is 1. The van der Waals surface area contributed by atoms with Crippen molar-refractivity contribution in [1.29, 1.82) is 0 Å². The van der Waals surface area contributed by atoms with Crippen molar-refractivity contribution in [3.05, 3.63) is 35.9 Å². The largest absolute Gasteiger partial charge is 0.391 e. The lowest BCUT2D eigenvalue weighted by Crippen LogP contribution is -2.57. The summed E-state index contributed by atoms with van der Waals surface area (Å²) in [5.41, 5.74) is 0.426. The Morgan fingerprint density at radius 2 is 1.85 bits per heavy atom. The third kappa shape index (κ3) is 5.53. The fourth-order valence-electron chi connectivity index (χ4n) is 3.23. The predicted molar refractivity (Wildman–Crippen MR) is 101 cm³/mol. The molecule has 1 heterocycles. The van der Waals surface area contributed by atoms with Gasteiger partial charge in [-0.3, -0.25) is 14.4 Å². The van der Waals surface area contributed by atoms with Crippen molar-refractivity contribution in [2.45, 2.75) is 58.8 Å². The minimum atomic E-state index is -0.773. The van der Waals surface area contributed by atoms with Crippen LogP contribution in [0.5, 0.6) is 0 Å². The zero-order chi connectivity index (χ0) is 20.2. The number of nitrogens with zero attached hydrogens (tertiary/aromatic N) is 1. The Bertz CT molecular complexity index is 684. The monoisotopic (exact) mass is 375 g/mol. The lowest BCUT2D eigenvalue weighted by atomic mass is 9.85. The Balaban J connectivity index is 2.12. The second-order valence-electron chi connectivity index (χ2n) is 8.10. The van der Waals surface area contributed by atoms with Crippen molar-refractivity contribution in [2.75, 3.05) is 6.54 Å². The van der Waals surface area contributed by atoms with Crippen LogP contribution in [-0.2, 0) is 20.9 Å². The van der Waals surface area contributed by atoms with Gasteiger partial charge in [0, 0.05) is 26.4 Å². The van der Waals surface area contributed by atoms with E-state index in [1.807, 2.05) is 51.1 Å². The summed E-state index contributed by atoms with van der Waals surface area (Å²) >= 11 is 0. The Kier molecular flexibility index (Phi) is 6.59. The van der Waals surface area contributed by atoms with Crippen molar-refractivity contribution in [3.8, 4) is 0 Å². The molecule has 1 aromatic carbocycles. The number of nitrogens with one attached hydrogen (secondary N) is 2. The normalized spacial score (nSPS) is 20.9. The summed E-state index contributed by atoms with van der Waals surface area (Å²) < 4.78 is 0. The molecule has 1 aliphatic heterocycles. The number of rotatable bonds is 5. The molecule has 1 aromatic rings. The van der Waals surface area contributed by atoms with Gasteiger partial charge in [-0.05, 0) is 11.0 Å². The molecule has 3 atom stereocenters. The Morgan fingerprint density at radius 3 is 2.41 bits per heavy atom. The molecule has 7 heteroatoms. The molecule has 7 nitrogen and oxygen atoms in total. The van der Waals surface area contributed by atoms with Crippen LogP contribution in [-0.4, -0.2) is 52.5 Å². The third-order valence-corrected chi connectivity index (χ3v) is 4.63. The van der Waals surface area contributed by atoms with Gasteiger partial charge < -0.3 is 20.6 Å². The van der Waals surface area contributed by atoms with Crippen LogP contribution in [0.4, 0.5) is 0 Å². The summed E-state index contributed by atoms with van der Waals surface area (Å²) in [5.74, 6) is -0.971. The van der Waals surface area contributed by atoms with Gasteiger partial charge in [-0.25, -0.2) is 0 Å². The molecule has 0 radical (unpaired) electrons. The van der Waals surface area contributed by atoms with Crippen molar-refractivity contribution in [1.82, 2.24) is 15.5 Å². The van der Waals surface area contributed by atoms with E-state index in [1.165, 1.54) is 11.8 Å². The molecule has 2 rings (SSSR count). The number of carbonyl (C=O) groups is 3. The van der Waals surface area contributed by atoms with Crippen LogP contribution >= 0.6 is 0 Å². The standard InChI is InChI=1S/C20H29N3O4/c1-13(24)22-17(20(2,3)4)19(27)23-12-15(25)10-16(23)18(26)21-11-14-8-6-5-7-9-14/h5-9,15-17,25H,10-12H2,1-4H3,(H,21,26)(H,22,24)/t15-,16+,17?/m1/s1. The summed E-state index contributed by atoms with van der Waals surface area (Å²) in [5, 5.41) is 15.6. The van der Waals surface area contributed by atoms with E-state index in [2.05, 4.69) is 10.6 Å². The molecule has 3 amide bonds. The van der Waals surface area contributed by atoms with E-state index in [-0.39, 0.29) is 30.7 Å². The van der Waals surface area contributed by atoms with Gasteiger partial charge in [0.05, 0.1) is 6.10 Å². The SMILES string of the molecule is CC(=O)NC(C(=O)N1C[C@H](O)C[C@H]1C(=O)NCc1ccccc1)C(C)(C)C. The van der Waals surface area contributed by atoms with E-state index in [4.69, 9.17) is 0 Å². The number of aliphatic hydroxyl groups excluding tert-OH is 1. The number of hydrogen-bond donors (Lipinski definition) is 3. The minimum absolute atomic E-state index is 0.0778. The average Bonchev–Trinajstić information content (AvgIpc) is 2.99. The molecule has 0 aliphatic carbocycles. The van der Waals surface area contributed by atoms with Crippen LogP contribution in [0.25, 0.3) is 0 Å². The fraction of sp³-hybridized carbons (Fsp3) is 0.550. The second kappa shape index (κ2) is 8.52. The third-order valence-electron chi connectivity index (χ3n) is 4.63. The van der Waals surface area contributed by atoms with Gasteiger partial charge >= 0.3 is 0 Å². The van der Waals surface area contributed by atoms with Gasteiger partial charge in [0.2, 0.25) is 17.7 Å². The van der Waals surface area contributed by atoms with Crippen LogP contribution in [0.1, 0.15) is 39.7 Å². The molecule has 1 saturated heterocycles. The van der Waals surface area contributed by atoms with Crippen LogP contribution < -0.4 is 10.6 Å². The first-order valence-corrected chi connectivity index (χ1v) is 9.17. The quantitative estimate of drug-likeness (QED) is 0.709. The molecule has 148 valence electrons. The van der Waals surface area contributed by atoms with Crippen LogP contribution in [0.2, 0.25) is 0 Å². The maximum absolute atomic E-state index is 13.1. The van der Waals surface area contributed by atoms with Crippen molar-refractivity contribution >= 4 is 17.7 Å². The fourth-order valence-corrected chi connectivity index (χ4v) is 3.23. The van der Waals surface area contributed by atoms with E-state index in [0.717, 1.165) is 5.56 Å². The average molecular weight is 375 g/mol. The highest BCUT2D eigenvalue weighted by Gasteiger charge is 2.44. The van der Waals surface area contributed by atoms with Crippen LogP contribution in [0, 0.1) is 5.41 Å². The lowest BCUT2D eigenvalue weighted by molar-refractivity contribution is -0.143. The van der Waals surface area contributed by atoms with E-state index in [9.17, 15) is 19.5 Å².